The summed E-state index contributed by atoms with van der Waals surface area (Å²) in [5.74, 6) is 1.55. The third-order valence-corrected chi connectivity index (χ3v) is 6.93. The zero-order valence-electron chi connectivity index (χ0n) is 19.2. The molecule has 0 saturated heterocycles. The lowest BCUT2D eigenvalue weighted by Gasteiger charge is -2.56. The zero-order chi connectivity index (χ0) is 23.4. The predicted molar refractivity (Wildman–Crippen MR) is 122 cm³/mol. The van der Waals surface area contributed by atoms with Crippen LogP contribution in [0.4, 0.5) is 4.79 Å². The molecule has 0 aromatic heterocycles. The van der Waals surface area contributed by atoms with E-state index in [1.165, 1.54) is 26.4 Å². The van der Waals surface area contributed by atoms with E-state index < -0.39 is 24.5 Å². The number of allylic oxidation sites excluding steroid dienone is 1. The maximum absolute atomic E-state index is 12.4. The molecule has 5 rings (SSSR count). The minimum atomic E-state index is -0.716. The number of hydrogen-bond donors (Lipinski definition) is 2. The molecule has 0 atom stereocenters. The summed E-state index contributed by atoms with van der Waals surface area (Å²) in [5, 5.41) is 5.35. The number of nitrogens with one attached hydrogen (secondary N) is 2. The quantitative estimate of drug-likeness (QED) is 0.581. The highest BCUT2D eigenvalue weighted by atomic mass is 16.6. The summed E-state index contributed by atoms with van der Waals surface area (Å²) >= 11 is 0. The Morgan fingerprint density at radius 2 is 1.70 bits per heavy atom. The van der Waals surface area contributed by atoms with Crippen LogP contribution in [0.1, 0.15) is 51.0 Å². The molecule has 0 spiro atoms. The number of hydrogen-bond acceptors (Lipinski definition) is 6. The predicted octanol–water partition coefficient (Wildman–Crippen LogP) is 3.44. The normalized spacial score (nSPS) is 27.3. The van der Waals surface area contributed by atoms with Gasteiger partial charge in [0.05, 0.1) is 7.11 Å². The van der Waals surface area contributed by atoms with Crippen molar-refractivity contribution in [1.82, 2.24) is 10.6 Å². The van der Waals surface area contributed by atoms with Crippen molar-refractivity contribution in [3.8, 4) is 11.5 Å². The van der Waals surface area contributed by atoms with Gasteiger partial charge in [0, 0.05) is 5.54 Å². The van der Waals surface area contributed by atoms with E-state index in [4.69, 9.17) is 14.2 Å². The van der Waals surface area contributed by atoms with Gasteiger partial charge in [0.25, 0.3) is 5.91 Å². The number of ether oxygens (including phenoxy) is 3. The lowest BCUT2D eigenvalue weighted by Crippen LogP contribution is -2.62. The van der Waals surface area contributed by atoms with Gasteiger partial charge in [0.15, 0.2) is 24.7 Å². The molecule has 178 valence electrons. The second-order valence-electron chi connectivity index (χ2n) is 9.56. The highest BCUT2D eigenvalue weighted by Crippen LogP contribution is 2.55. The Kier molecular flexibility index (Phi) is 6.91. The number of carbonyl (C=O) groups excluding carboxylic acids is 3. The van der Waals surface area contributed by atoms with Crippen molar-refractivity contribution in [2.75, 3.05) is 20.3 Å². The SMILES string of the molecule is C/C=C/c1ccc(OCC(=O)OCC(=O)NC(=O)NC23CC4CC(CC(C4)C2)C3)c(OC)c1. The van der Waals surface area contributed by atoms with E-state index in [1.54, 1.807) is 12.1 Å². The second-order valence-corrected chi connectivity index (χ2v) is 9.56. The summed E-state index contributed by atoms with van der Waals surface area (Å²) in [6.07, 6.45) is 10.6. The van der Waals surface area contributed by atoms with E-state index in [2.05, 4.69) is 10.6 Å². The van der Waals surface area contributed by atoms with E-state index in [0.717, 1.165) is 24.8 Å². The molecule has 8 nitrogen and oxygen atoms in total. The number of carbonyl (C=O) groups is 3. The molecule has 4 fully saturated rings. The van der Waals surface area contributed by atoms with E-state index >= 15 is 0 Å². The number of methoxy groups -OCH3 is 1. The van der Waals surface area contributed by atoms with E-state index in [1.807, 2.05) is 25.1 Å². The van der Waals surface area contributed by atoms with Gasteiger partial charge in [-0.3, -0.25) is 10.1 Å². The van der Waals surface area contributed by atoms with Crippen LogP contribution in [0.3, 0.4) is 0 Å². The van der Waals surface area contributed by atoms with E-state index in [0.29, 0.717) is 29.3 Å². The van der Waals surface area contributed by atoms with Gasteiger partial charge in [-0.15, -0.1) is 0 Å². The molecule has 0 heterocycles. The van der Waals surface area contributed by atoms with Crippen LogP contribution in [-0.4, -0.2) is 43.8 Å². The number of rotatable bonds is 8. The van der Waals surface area contributed by atoms with E-state index in [-0.39, 0.29) is 12.1 Å². The Labute approximate surface area is 194 Å². The molecule has 4 saturated carbocycles. The largest absolute Gasteiger partial charge is 0.493 e. The van der Waals surface area contributed by atoms with Gasteiger partial charge in [-0.1, -0.05) is 18.2 Å². The van der Waals surface area contributed by atoms with Crippen LogP contribution >= 0.6 is 0 Å². The Hall–Kier alpha value is -3.03. The molecule has 2 N–H and O–H groups in total. The number of imide groups is 1. The third kappa shape index (κ3) is 5.67. The summed E-state index contributed by atoms with van der Waals surface area (Å²) in [7, 11) is 1.51. The zero-order valence-corrected chi connectivity index (χ0v) is 19.2. The molecule has 0 unspecified atom stereocenters. The van der Waals surface area contributed by atoms with Gasteiger partial charge in [0.1, 0.15) is 0 Å². The van der Waals surface area contributed by atoms with Gasteiger partial charge >= 0.3 is 12.0 Å². The van der Waals surface area contributed by atoms with Crippen LogP contribution in [0.15, 0.2) is 24.3 Å². The molecule has 4 aliphatic rings. The van der Waals surface area contributed by atoms with Crippen molar-refractivity contribution >= 4 is 24.0 Å². The van der Waals surface area contributed by atoms with Crippen LogP contribution in [0.25, 0.3) is 6.08 Å². The monoisotopic (exact) mass is 456 g/mol. The van der Waals surface area contributed by atoms with Crippen molar-refractivity contribution < 1.29 is 28.6 Å². The molecule has 1 aromatic rings. The second kappa shape index (κ2) is 9.85. The van der Waals surface area contributed by atoms with Crippen molar-refractivity contribution in [2.24, 2.45) is 17.8 Å². The number of urea groups is 1. The van der Waals surface area contributed by atoms with Crippen molar-refractivity contribution in [1.29, 1.82) is 0 Å². The topological polar surface area (TPSA) is 103 Å². The Morgan fingerprint density at radius 3 is 2.30 bits per heavy atom. The fraction of sp³-hybridized carbons (Fsp3) is 0.560. The molecule has 4 aliphatic carbocycles. The molecule has 3 amide bonds. The molecule has 0 radical (unpaired) electrons. The Balaban J connectivity index is 1.19. The van der Waals surface area contributed by atoms with Gasteiger partial charge in [-0.2, -0.15) is 0 Å². The summed E-state index contributed by atoms with van der Waals surface area (Å²) in [6, 6.07) is 4.80. The fourth-order valence-corrected chi connectivity index (χ4v) is 6.12. The highest BCUT2D eigenvalue weighted by Gasteiger charge is 2.51. The van der Waals surface area contributed by atoms with Crippen LogP contribution in [-0.2, 0) is 14.3 Å². The Morgan fingerprint density at radius 1 is 1.03 bits per heavy atom. The summed E-state index contributed by atoms with van der Waals surface area (Å²) in [6.45, 7) is 0.982. The van der Waals surface area contributed by atoms with Gasteiger partial charge < -0.3 is 19.5 Å². The first-order valence-electron chi connectivity index (χ1n) is 11.6. The maximum Gasteiger partial charge on any atom is 0.344 e. The lowest BCUT2D eigenvalue weighted by molar-refractivity contribution is -0.150. The summed E-state index contributed by atoms with van der Waals surface area (Å²) in [5.41, 5.74) is 0.748. The number of esters is 1. The lowest BCUT2D eigenvalue weighted by atomic mass is 9.53. The van der Waals surface area contributed by atoms with Gasteiger partial charge in [-0.25, -0.2) is 9.59 Å². The standard InChI is InChI=1S/C25H32N2O6/c1-3-4-16-5-6-20(21(10-16)31-2)32-15-23(29)33-14-22(28)26-24(30)27-25-11-17-7-18(12-25)9-19(8-17)13-25/h3-6,10,17-19H,7-9,11-15H2,1-2H3,(H2,26,27,28,30)/b4-3+. The van der Waals surface area contributed by atoms with Crippen molar-refractivity contribution in [2.45, 2.75) is 51.0 Å². The molecule has 33 heavy (non-hydrogen) atoms. The molecular weight excluding hydrogens is 424 g/mol. The number of benzene rings is 1. The summed E-state index contributed by atoms with van der Waals surface area (Å²) < 4.78 is 15.7. The van der Waals surface area contributed by atoms with Crippen LogP contribution in [0.2, 0.25) is 0 Å². The fourth-order valence-electron chi connectivity index (χ4n) is 6.12. The first-order valence-corrected chi connectivity index (χ1v) is 11.6. The average molecular weight is 457 g/mol. The minimum absolute atomic E-state index is 0.189. The number of amides is 3. The van der Waals surface area contributed by atoms with Gasteiger partial charge in [-0.05, 0) is 80.9 Å². The molecule has 4 bridgehead atoms. The van der Waals surface area contributed by atoms with Crippen LogP contribution in [0, 0.1) is 17.8 Å². The maximum atomic E-state index is 12.4. The highest BCUT2D eigenvalue weighted by molar-refractivity contribution is 5.95. The van der Waals surface area contributed by atoms with Crippen LogP contribution < -0.4 is 20.1 Å². The first-order chi connectivity index (χ1) is 15.9. The Bertz CT molecular complexity index is 906. The third-order valence-electron chi connectivity index (χ3n) is 6.93. The molecule has 8 heteroatoms. The average Bonchev–Trinajstić information content (AvgIpc) is 2.75. The molecule has 0 aliphatic heterocycles. The summed E-state index contributed by atoms with van der Waals surface area (Å²) in [4.78, 5) is 36.5. The van der Waals surface area contributed by atoms with Crippen LogP contribution in [0.5, 0.6) is 11.5 Å². The smallest absolute Gasteiger partial charge is 0.344 e. The van der Waals surface area contributed by atoms with Gasteiger partial charge in [0.2, 0.25) is 0 Å². The first kappa shape index (κ1) is 23.1. The van der Waals surface area contributed by atoms with E-state index in [9.17, 15) is 14.4 Å². The van der Waals surface area contributed by atoms with Crippen molar-refractivity contribution in [3.05, 3.63) is 29.8 Å². The minimum Gasteiger partial charge on any atom is -0.493 e. The molecular formula is C25H32N2O6. The molecule has 1 aromatic carbocycles. The van der Waals surface area contributed by atoms with Crippen molar-refractivity contribution in [3.63, 3.8) is 0 Å².